The number of nitrogens with one attached hydrogen (secondary N) is 2. The van der Waals surface area contributed by atoms with E-state index in [1.807, 2.05) is 20.8 Å². The van der Waals surface area contributed by atoms with E-state index in [2.05, 4.69) is 37.9 Å². The minimum atomic E-state index is 0. The molecular weight excluding hydrogens is 453 g/mol. The first kappa shape index (κ1) is 21.3. The third-order valence-electron chi connectivity index (χ3n) is 3.25. The van der Waals surface area contributed by atoms with Gasteiger partial charge in [0.25, 0.3) is 0 Å². The molecule has 0 unspecified atom stereocenters. The first-order valence-electron chi connectivity index (χ1n) is 7.94. The maximum absolute atomic E-state index is 4.66. The molecule has 0 aromatic carbocycles. The van der Waals surface area contributed by atoms with Gasteiger partial charge in [-0.1, -0.05) is 0 Å². The van der Waals surface area contributed by atoms with Gasteiger partial charge in [0.05, 0.1) is 22.3 Å². The predicted octanol–water partition coefficient (Wildman–Crippen LogP) is 3.83. The zero-order valence-electron chi connectivity index (χ0n) is 14.7. The molecule has 0 amide bonds. The smallest absolute Gasteiger partial charge is 0.191 e. The molecule has 2 rings (SSSR count). The molecule has 0 spiro atoms. The van der Waals surface area contributed by atoms with Crippen molar-refractivity contribution in [3.63, 3.8) is 0 Å². The Balaban J connectivity index is 0.00000288. The van der Waals surface area contributed by atoms with Crippen molar-refractivity contribution < 1.29 is 0 Å². The largest absolute Gasteiger partial charge is 0.357 e. The number of nitrogens with zero attached hydrogens (tertiary/aromatic N) is 3. The van der Waals surface area contributed by atoms with Gasteiger partial charge in [0.2, 0.25) is 0 Å². The van der Waals surface area contributed by atoms with Gasteiger partial charge in [-0.05, 0) is 34.1 Å². The van der Waals surface area contributed by atoms with Crippen LogP contribution in [0.15, 0.2) is 10.4 Å². The summed E-state index contributed by atoms with van der Waals surface area (Å²) in [5.74, 6) is 0.869. The number of rotatable bonds is 7. The van der Waals surface area contributed by atoms with Crippen molar-refractivity contribution in [2.45, 2.75) is 47.1 Å². The molecule has 2 N–H and O–H groups in total. The van der Waals surface area contributed by atoms with Crippen LogP contribution >= 0.6 is 46.7 Å². The van der Waals surface area contributed by atoms with E-state index in [4.69, 9.17) is 0 Å². The van der Waals surface area contributed by atoms with Gasteiger partial charge >= 0.3 is 0 Å². The number of hydrogen-bond donors (Lipinski definition) is 2. The average Bonchev–Trinajstić information content (AvgIpc) is 3.06. The highest BCUT2D eigenvalue weighted by atomic mass is 127. The first-order chi connectivity index (χ1) is 11.1. The highest BCUT2D eigenvalue weighted by Gasteiger charge is 2.05. The van der Waals surface area contributed by atoms with Crippen LogP contribution in [0, 0.1) is 20.8 Å². The molecular formula is C16H26IN5S2. The molecule has 0 bridgehead atoms. The van der Waals surface area contributed by atoms with E-state index in [0.29, 0.717) is 6.54 Å². The molecule has 0 aliphatic rings. The van der Waals surface area contributed by atoms with Crippen molar-refractivity contribution in [1.82, 2.24) is 20.6 Å². The number of aryl methyl sites for hydroxylation is 4. The number of guanidine groups is 1. The Labute approximate surface area is 169 Å². The standard InChI is InChI=1S/C16H25N5S2.HI/c1-5-17-16(19-9-14-12(3)21-13(4)23-14)18-8-6-7-15-20-11(2)10-22-15;/h10H,5-9H2,1-4H3,(H2,17,18,19);1H. The van der Waals surface area contributed by atoms with Gasteiger partial charge in [0.15, 0.2) is 5.96 Å². The van der Waals surface area contributed by atoms with Crippen LogP contribution in [0.1, 0.15) is 39.6 Å². The minimum absolute atomic E-state index is 0. The van der Waals surface area contributed by atoms with Gasteiger partial charge < -0.3 is 10.6 Å². The van der Waals surface area contributed by atoms with Crippen molar-refractivity contribution in [1.29, 1.82) is 0 Å². The maximum Gasteiger partial charge on any atom is 0.191 e. The Kier molecular flexibility index (Phi) is 9.75. The third-order valence-corrected chi connectivity index (χ3v) is 5.34. The van der Waals surface area contributed by atoms with Crippen molar-refractivity contribution >= 4 is 52.6 Å². The fourth-order valence-electron chi connectivity index (χ4n) is 2.18. The van der Waals surface area contributed by atoms with E-state index in [-0.39, 0.29) is 24.0 Å². The van der Waals surface area contributed by atoms with E-state index in [9.17, 15) is 0 Å². The Bertz CT molecular complexity index is 651. The fraction of sp³-hybridized carbons (Fsp3) is 0.562. The van der Waals surface area contributed by atoms with Crippen LogP contribution < -0.4 is 10.6 Å². The molecule has 134 valence electrons. The van der Waals surface area contributed by atoms with E-state index in [1.54, 1.807) is 22.7 Å². The highest BCUT2D eigenvalue weighted by Crippen LogP contribution is 2.17. The lowest BCUT2D eigenvalue weighted by Gasteiger charge is -2.10. The number of thiazole rings is 2. The monoisotopic (exact) mass is 479 g/mol. The summed E-state index contributed by atoms with van der Waals surface area (Å²) in [6, 6.07) is 0. The van der Waals surface area contributed by atoms with E-state index in [1.165, 1.54) is 9.88 Å². The summed E-state index contributed by atoms with van der Waals surface area (Å²) in [6.45, 7) is 10.6. The Morgan fingerprint density at radius 2 is 2.00 bits per heavy atom. The van der Waals surface area contributed by atoms with Gasteiger partial charge in [-0.3, -0.25) is 0 Å². The van der Waals surface area contributed by atoms with E-state index >= 15 is 0 Å². The molecule has 8 heteroatoms. The molecule has 0 saturated heterocycles. The molecule has 0 saturated carbocycles. The summed E-state index contributed by atoms with van der Waals surface area (Å²) in [4.78, 5) is 14.8. The van der Waals surface area contributed by atoms with Gasteiger partial charge in [0, 0.05) is 35.5 Å². The van der Waals surface area contributed by atoms with Gasteiger partial charge in [-0.2, -0.15) is 0 Å². The molecule has 0 aliphatic carbocycles. The summed E-state index contributed by atoms with van der Waals surface area (Å²) in [7, 11) is 0. The van der Waals surface area contributed by atoms with Gasteiger partial charge in [0.1, 0.15) is 0 Å². The predicted molar refractivity (Wildman–Crippen MR) is 115 cm³/mol. The summed E-state index contributed by atoms with van der Waals surface area (Å²) in [5.41, 5.74) is 2.20. The van der Waals surface area contributed by atoms with Crippen LogP contribution in [-0.4, -0.2) is 29.0 Å². The number of halogens is 1. The lowest BCUT2D eigenvalue weighted by atomic mass is 10.3. The Morgan fingerprint density at radius 3 is 2.58 bits per heavy atom. The Hall–Kier alpha value is -0.740. The maximum atomic E-state index is 4.66. The second-order valence-corrected chi connectivity index (χ2v) is 7.58. The highest BCUT2D eigenvalue weighted by molar-refractivity contribution is 14.0. The topological polar surface area (TPSA) is 62.2 Å². The van der Waals surface area contributed by atoms with Crippen LogP contribution in [0.5, 0.6) is 0 Å². The van der Waals surface area contributed by atoms with Crippen molar-refractivity contribution in [3.8, 4) is 0 Å². The van der Waals surface area contributed by atoms with Crippen molar-refractivity contribution in [2.24, 2.45) is 4.99 Å². The van der Waals surface area contributed by atoms with Crippen molar-refractivity contribution in [3.05, 3.63) is 31.7 Å². The van der Waals surface area contributed by atoms with Crippen LogP contribution in [0.25, 0.3) is 0 Å². The van der Waals surface area contributed by atoms with E-state index in [0.717, 1.165) is 48.3 Å². The summed E-state index contributed by atoms with van der Waals surface area (Å²) >= 11 is 3.46. The zero-order valence-corrected chi connectivity index (χ0v) is 18.6. The molecule has 2 heterocycles. The second-order valence-electron chi connectivity index (χ2n) is 5.35. The van der Waals surface area contributed by atoms with Crippen LogP contribution in [-0.2, 0) is 13.0 Å². The summed E-state index contributed by atoms with van der Waals surface area (Å²) in [6.07, 6.45) is 2.06. The summed E-state index contributed by atoms with van der Waals surface area (Å²) < 4.78 is 0. The second kappa shape index (κ2) is 11.0. The molecule has 0 aliphatic heterocycles. The lowest BCUT2D eigenvalue weighted by Crippen LogP contribution is -2.37. The SMILES string of the molecule is CCNC(=NCc1sc(C)nc1C)NCCCc1nc(C)cs1.I. The van der Waals surface area contributed by atoms with Crippen LogP contribution in [0.2, 0.25) is 0 Å². The molecule has 2 aromatic rings. The molecule has 0 atom stereocenters. The Morgan fingerprint density at radius 1 is 1.21 bits per heavy atom. The molecule has 0 fully saturated rings. The number of aromatic nitrogens is 2. The molecule has 24 heavy (non-hydrogen) atoms. The third kappa shape index (κ3) is 7.02. The van der Waals surface area contributed by atoms with Crippen LogP contribution in [0.3, 0.4) is 0 Å². The molecule has 0 radical (unpaired) electrons. The fourth-order valence-corrected chi connectivity index (χ4v) is 3.86. The van der Waals surface area contributed by atoms with Gasteiger partial charge in [-0.15, -0.1) is 46.7 Å². The molecule has 2 aromatic heterocycles. The lowest BCUT2D eigenvalue weighted by molar-refractivity contribution is 0.740. The van der Waals surface area contributed by atoms with Gasteiger partial charge in [-0.25, -0.2) is 15.0 Å². The number of aliphatic imine (C=N–C) groups is 1. The molecule has 5 nitrogen and oxygen atoms in total. The summed E-state index contributed by atoms with van der Waals surface area (Å²) in [5, 5.41) is 11.1. The number of hydrogen-bond acceptors (Lipinski definition) is 5. The first-order valence-corrected chi connectivity index (χ1v) is 9.64. The normalized spacial score (nSPS) is 11.2. The van der Waals surface area contributed by atoms with Crippen molar-refractivity contribution in [2.75, 3.05) is 13.1 Å². The average molecular weight is 479 g/mol. The minimum Gasteiger partial charge on any atom is -0.357 e. The quantitative estimate of drug-likeness (QED) is 0.274. The van der Waals surface area contributed by atoms with Crippen LogP contribution in [0.4, 0.5) is 0 Å². The zero-order chi connectivity index (χ0) is 16.7. The van der Waals surface area contributed by atoms with E-state index < -0.39 is 0 Å².